The zero-order valence-corrected chi connectivity index (χ0v) is 20.6. The van der Waals surface area contributed by atoms with Crippen molar-refractivity contribution in [2.24, 2.45) is 28.6 Å². The number of hydrogen-bond donors (Lipinski definition) is 1. The number of hydrogen-bond acceptors (Lipinski definition) is 5. The predicted molar refractivity (Wildman–Crippen MR) is 126 cm³/mol. The van der Waals surface area contributed by atoms with Crippen molar-refractivity contribution in [3.63, 3.8) is 0 Å². The molecule has 4 aliphatic rings. The first kappa shape index (κ1) is 23.3. The van der Waals surface area contributed by atoms with E-state index in [1.165, 1.54) is 5.57 Å². The first-order chi connectivity index (χ1) is 15.7. The predicted octanol–water partition coefficient (Wildman–Crippen LogP) is 4.96. The van der Waals surface area contributed by atoms with Gasteiger partial charge < -0.3 is 5.11 Å². The van der Waals surface area contributed by atoms with Crippen LogP contribution in [-0.2, 0) is 19.1 Å². The molecule has 6 atom stereocenters. The van der Waals surface area contributed by atoms with Crippen molar-refractivity contribution in [3.05, 3.63) is 41.5 Å². The molecule has 1 aromatic carbocycles. The molecule has 0 saturated heterocycles. The van der Waals surface area contributed by atoms with Crippen LogP contribution in [0.25, 0.3) is 0 Å². The van der Waals surface area contributed by atoms with Gasteiger partial charge in [0.25, 0.3) is 10.1 Å². The molecule has 0 unspecified atom stereocenters. The van der Waals surface area contributed by atoms with E-state index < -0.39 is 10.1 Å². The SMILES string of the molecule is Cc1ccc(S(=O)(=O)OCC[C@]23CC[C@H](O)CC2=CC[C@@H]2[C@@H]3CC[C@]3(C)C(=O)CC[C@@H]23)cc1. The summed E-state index contributed by atoms with van der Waals surface area (Å²) >= 11 is 0. The minimum atomic E-state index is -3.80. The number of carbonyl (C=O) groups is 1. The Bertz CT molecular complexity index is 1060. The maximum Gasteiger partial charge on any atom is 0.296 e. The number of benzene rings is 1. The van der Waals surface area contributed by atoms with Crippen molar-refractivity contribution >= 4 is 15.9 Å². The Kier molecular flexibility index (Phi) is 5.86. The molecule has 3 fully saturated rings. The van der Waals surface area contributed by atoms with Crippen molar-refractivity contribution in [3.8, 4) is 0 Å². The largest absolute Gasteiger partial charge is 0.393 e. The molecular weight excluding hydrogens is 436 g/mol. The van der Waals surface area contributed by atoms with Crippen molar-refractivity contribution in [2.75, 3.05) is 6.61 Å². The molecule has 180 valence electrons. The van der Waals surface area contributed by atoms with Crippen molar-refractivity contribution < 1.29 is 22.5 Å². The van der Waals surface area contributed by atoms with Crippen LogP contribution in [0.3, 0.4) is 0 Å². The van der Waals surface area contributed by atoms with Crippen LogP contribution < -0.4 is 0 Å². The van der Waals surface area contributed by atoms with Gasteiger partial charge >= 0.3 is 0 Å². The minimum absolute atomic E-state index is 0.127. The second-order valence-electron chi connectivity index (χ2n) is 11.2. The Morgan fingerprint density at radius 3 is 2.61 bits per heavy atom. The normalized spacial score (nSPS) is 38.3. The Balaban J connectivity index is 1.39. The zero-order valence-electron chi connectivity index (χ0n) is 19.8. The van der Waals surface area contributed by atoms with E-state index in [4.69, 9.17) is 4.18 Å². The number of aliphatic hydroxyl groups is 1. The third kappa shape index (κ3) is 3.82. The van der Waals surface area contributed by atoms with Gasteiger partial charge in [-0.15, -0.1) is 0 Å². The Hall–Kier alpha value is -1.50. The van der Waals surface area contributed by atoms with Crippen molar-refractivity contribution in [1.29, 1.82) is 0 Å². The lowest BCUT2D eigenvalue weighted by molar-refractivity contribution is -0.132. The molecule has 0 bridgehead atoms. The maximum absolute atomic E-state index is 12.8. The lowest BCUT2D eigenvalue weighted by atomic mass is 9.47. The van der Waals surface area contributed by atoms with Crippen molar-refractivity contribution in [1.82, 2.24) is 0 Å². The van der Waals surface area contributed by atoms with Crippen LogP contribution in [0.1, 0.15) is 70.3 Å². The molecule has 33 heavy (non-hydrogen) atoms. The summed E-state index contributed by atoms with van der Waals surface area (Å²) < 4.78 is 31.1. The molecule has 4 aliphatic carbocycles. The van der Waals surface area contributed by atoms with E-state index in [0.717, 1.165) is 44.1 Å². The van der Waals surface area contributed by atoms with Gasteiger partial charge in [0.1, 0.15) is 5.78 Å². The molecule has 5 nitrogen and oxygen atoms in total. The molecule has 0 amide bonds. The van der Waals surface area contributed by atoms with Crippen LogP contribution >= 0.6 is 0 Å². The number of aryl methyl sites for hydroxylation is 1. The number of allylic oxidation sites excluding steroid dienone is 1. The van der Waals surface area contributed by atoms with Crippen LogP contribution in [0.2, 0.25) is 0 Å². The fourth-order valence-electron chi connectivity index (χ4n) is 7.78. The number of Topliss-reactive ketones (excluding diaryl/α,β-unsaturated/α-hetero) is 1. The van der Waals surface area contributed by atoms with Crippen LogP contribution in [0, 0.1) is 35.5 Å². The monoisotopic (exact) mass is 472 g/mol. The summed E-state index contributed by atoms with van der Waals surface area (Å²) in [6.07, 6.45) is 9.53. The van der Waals surface area contributed by atoms with Gasteiger partial charge in [0.05, 0.1) is 17.6 Å². The van der Waals surface area contributed by atoms with Gasteiger partial charge in [-0.3, -0.25) is 8.98 Å². The Morgan fingerprint density at radius 2 is 1.85 bits per heavy atom. The topological polar surface area (TPSA) is 80.7 Å². The summed E-state index contributed by atoms with van der Waals surface area (Å²) in [6.45, 7) is 4.25. The molecule has 0 heterocycles. The summed E-state index contributed by atoms with van der Waals surface area (Å²) in [7, 11) is -3.80. The van der Waals surface area contributed by atoms with Gasteiger partial charge in [0.15, 0.2) is 0 Å². The molecule has 5 rings (SSSR count). The van der Waals surface area contributed by atoms with E-state index in [-0.39, 0.29) is 28.4 Å². The van der Waals surface area contributed by atoms with Gasteiger partial charge in [-0.1, -0.05) is 36.3 Å². The van der Waals surface area contributed by atoms with E-state index in [9.17, 15) is 18.3 Å². The van der Waals surface area contributed by atoms with Gasteiger partial charge in [-0.2, -0.15) is 8.42 Å². The first-order valence-electron chi connectivity index (χ1n) is 12.5. The molecular formula is C27H36O5S. The Morgan fingerprint density at radius 1 is 1.09 bits per heavy atom. The van der Waals surface area contributed by atoms with Gasteiger partial charge in [0.2, 0.25) is 0 Å². The highest BCUT2D eigenvalue weighted by Gasteiger charge is 2.59. The zero-order chi connectivity index (χ0) is 23.4. The fraction of sp³-hybridized carbons (Fsp3) is 0.667. The van der Waals surface area contributed by atoms with Gasteiger partial charge in [-0.05, 0) is 93.6 Å². The second-order valence-corrected chi connectivity index (χ2v) is 12.8. The summed E-state index contributed by atoms with van der Waals surface area (Å²) in [6, 6.07) is 6.76. The summed E-state index contributed by atoms with van der Waals surface area (Å²) in [5, 5.41) is 10.4. The first-order valence-corrected chi connectivity index (χ1v) is 13.9. The molecule has 0 aromatic heterocycles. The van der Waals surface area contributed by atoms with Gasteiger partial charge in [-0.25, -0.2) is 0 Å². The van der Waals surface area contributed by atoms with Crippen LogP contribution in [0.5, 0.6) is 0 Å². The van der Waals surface area contributed by atoms with Crippen LogP contribution in [-0.4, -0.2) is 32.0 Å². The second kappa shape index (κ2) is 8.31. The highest BCUT2D eigenvalue weighted by Crippen LogP contribution is 2.65. The number of carbonyl (C=O) groups excluding carboxylic acids is 1. The summed E-state index contributed by atoms with van der Waals surface area (Å²) in [5.74, 6) is 1.74. The minimum Gasteiger partial charge on any atom is -0.393 e. The molecule has 0 spiro atoms. The molecule has 0 aliphatic heterocycles. The van der Waals surface area contributed by atoms with E-state index >= 15 is 0 Å². The van der Waals surface area contributed by atoms with E-state index in [1.807, 2.05) is 6.92 Å². The van der Waals surface area contributed by atoms with E-state index in [0.29, 0.717) is 42.8 Å². The van der Waals surface area contributed by atoms with Crippen molar-refractivity contribution in [2.45, 2.75) is 82.6 Å². The van der Waals surface area contributed by atoms with Crippen LogP contribution in [0.4, 0.5) is 0 Å². The van der Waals surface area contributed by atoms with E-state index in [2.05, 4.69) is 13.0 Å². The third-order valence-corrected chi connectivity index (χ3v) is 10.9. The lowest BCUT2D eigenvalue weighted by Crippen LogP contribution is -2.52. The number of aliphatic hydroxyl groups excluding tert-OH is 1. The smallest absolute Gasteiger partial charge is 0.296 e. The fourth-order valence-corrected chi connectivity index (χ4v) is 8.69. The lowest BCUT2D eigenvalue weighted by Gasteiger charge is -2.58. The maximum atomic E-state index is 12.8. The Labute approximate surface area is 197 Å². The average molecular weight is 473 g/mol. The molecule has 1 aromatic rings. The highest BCUT2D eigenvalue weighted by molar-refractivity contribution is 7.86. The molecule has 1 N–H and O–H groups in total. The van der Waals surface area contributed by atoms with Crippen LogP contribution in [0.15, 0.2) is 40.8 Å². The number of fused-ring (bicyclic) bond motifs is 5. The summed E-state index contributed by atoms with van der Waals surface area (Å²) in [5.41, 5.74) is 1.99. The average Bonchev–Trinajstić information content (AvgIpc) is 3.09. The highest BCUT2D eigenvalue weighted by atomic mass is 32.2. The number of rotatable bonds is 5. The van der Waals surface area contributed by atoms with Gasteiger partial charge in [0, 0.05) is 11.8 Å². The number of ketones is 1. The van der Waals surface area contributed by atoms with E-state index in [1.54, 1.807) is 24.3 Å². The standard InChI is InChI=1S/C27H36O5S/c1-18-3-6-21(7-4-18)33(30,31)32-16-15-27-14-11-20(28)17-19(27)5-8-22-23-9-10-25(29)26(23,2)13-12-24(22)27/h3-7,20,22-24,28H,8-17H2,1-2H3/t20-,22-,23-,24-,26-,27+/m0/s1. The summed E-state index contributed by atoms with van der Waals surface area (Å²) in [4.78, 5) is 12.9. The third-order valence-electron chi connectivity index (χ3n) is 9.61. The molecule has 6 heteroatoms. The quantitative estimate of drug-likeness (QED) is 0.484. The molecule has 0 radical (unpaired) electrons. The molecule has 3 saturated carbocycles.